The van der Waals surface area contributed by atoms with Crippen LogP contribution in [0.1, 0.15) is 10.6 Å². The van der Waals surface area contributed by atoms with Crippen molar-refractivity contribution in [1.29, 1.82) is 0 Å². The van der Waals surface area contributed by atoms with Crippen LogP contribution in [-0.2, 0) is 7.05 Å². The van der Waals surface area contributed by atoms with Crippen LogP contribution in [0.15, 0.2) is 0 Å². The van der Waals surface area contributed by atoms with E-state index < -0.39 is 0 Å². The molecule has 0 bridgehead atoms. The molecule has 0 amide bonds. The van der Waals surface area contributed by atoms with Gasteiger partial charge in [0.25, 0.3) is 0 Å². The maximum Gasteiger partial charge on any atom is 0.125 e. The Morgan fingerprint density at radius 1 is 1.36 bits per heavy atom. The van der Waals surface area contributed by atoms with E-state index in [0.717, 1.165) is 11.2 Å². The zero-order chi connectivity index (χ0) is 8.01. The number of fused-ring (bicyclic) bond motifs is 1. The maximum absolute atomic E-state index is 4.30. The summed E-state index contributed by atoms with van der Waals surface area (Å²) in [6.45, 7) is 4.06. The minimum atomic E-state index is 1.02. The highest BCUT2D eigenvalue weighted by Crippen LogP contribution is 2.22. The molecule has 2 aromatic heterocycles. The summed E-state index contributed by atoms with van der Waals surface area (Å²) in [4.78, 5) is 1.24. The molecule has 2 aromatic rings. The molecule has 0 saturated heterocycles. The van der Waals surface area contributed by atoms with Crippen LogP contribution in [-0.4, -0.2) is 14.2 Å². The summed E-state index contributed by atoms with van der Waals surface area (Å²) < 4.78 is 6.19. The predicted molar refractivity (Wildman–Crippen MR) is 45.9 cm³/mol. The van der Waals surface area contributed by atoms with Gasteiger partial charge in [-0.2, -0.15) is 9.47 Å². The third kappa shape index (κ3) is 0.790. The summed E-state index contributed by atoms with van der Waals surface area (Å²) in [5, 5.41) is 4.27. The van der Waals surface area contributed by atoms with Crippen LogP contribution in [0, 0.1) is 13.8 Å². The van der Waals surface area contributed by atoms with Gasteiger partial charge in [0.15, 0.2) is 0 Å². The Kier molecular flexibility index (Phi) is 1.26. The Morgan fingerprint density at radius 3 is 2.73 bits per heavy atom. The number of aromatic nitrogens is 3. The SMILES string of the molecule is Cc1nn(C)c2c(C)snc12. The average Bonchev–Trinajstić information content (AvgIpc) is 2.41. The predicted octanol–water partition coefficient (Wildman–Crippen LogP) is 1.65. The Hall–Kier alpha value is -0.900. The number of hydrogen-bond donors (Lipinski definition) is 0. The Morgan fingerprint density at radius 2 is 2.09 bits per heavy atom. The lowest BCUT2D eigenvalue weighted by Crippen LogP contribution is -1.89. The van der Waals surface area contributed by atoms with Crippen molar-refractivity contribution >= 4 is 22.6 Å². The molecule has 0 saturated carbocycles. The van der Waals surface area contributed by atoms with Gasteiger partial charge < -0.3 is 0 Å². The minimum Gasteiger partial charge on any atom is -0.265 e. The topological polar surface area (TPSA) is 30.7 Å². The molecule has 0 unspecified atom stereocenters. The molecule has 0 aliphatic carbocycles. The van der Waals surface area contributed by atoms with Gasteiger partial charge in [0.2, 0.25) is 0 Å². The van der Waals surface area contributed by atoms with Crippen molar-refractivity contribution in [3.05, 3.63) is 10.6 Å². The molecule has 0 aliphatic heterocycles. The monoisotopic (exact) mass is 167 g/mol. The van der Waals surface area contributed by atoms with Crippen molar-refractivity contribution < 1.29 is 0 Å². The van der Waals surface area contributed by atoms with E-state index in [-0.39, 0.29) is 0 Å². The zero-order valence-corrected chi connectivity index (χ0v) is 7.57. The lowest BCUT2D eigenvalue weighted by atomic mass is 10.3. The highest BCUT2D eigenvalue weighted by Gasteiger charge is 2.09. The fourth-order valence-electron chi connectivity index (χ4n) is 1.31. The van der Waals surface area contributed by atoms with Crippen LogP contribution >= 0.6 is 11.5 Å². The van der Waals surface area contributed by atoms with Gasteiger partial charge in [-0.3, -0.25) is 4.68 Å². The van der Waals surface area contributed by atoms with E-state index in [1.807, 2.05) is 18.7 Å². The number of hydrogen-bond acceptors (Lipinski definition) is 3. The molecule has 0 radical (unpaired) electrons. The van der Waals surface area contributed by atoms with Gasteiger partial charge >= 0.3 is 0 Å². The molecule has 0 atom stereocenters. The molecule has 3 nitrogen and oxygen atoms in total. The number of aryl methyl sites for hydroxylation is 3. The fourth-order valence-corrected chi connectivity index (χ4v) is 2.07. The first kappa shape index (κ1) is 6.79. The summed E-state index contributed by atoms with van der Waals surface area (Å²) in [7, 11) is 1.96. The zero-order valence-electron chi connectivity index (χ0n) is 6.75. The molecule has 4 heteroatoms. The van der Waals surface area contributed by atoms with E-state index in [1.165, 1.54) is 10.4 Å². The van der Waals surface area contributed by atoms with E-state index in [2.05, 4.69) is 16.4 Å². The molecule has 0 aromatic carbocycles. The molecular weight excluding hydrogens is 158 g/mol. The molecule has 0 aliphatic rings. The molecule has 2 rings (SSSR count). The van der Waals surface area contributed by atoms with Gasteiger partial charge in [0.1, 0.15) is 11.0 Å². The van der Waals surface area contributed by atoms with Gasteiger partial charge in [-0.05, 0) is 25.4 Å². The van der Waals surface area contributed by atoms with E-state index in [1.54, 1.807) is 11.5 Å². The summed E-state index contributed by atoms with van der Waals surface area (Å²) >= 11 is 1.54. The average molecular weight is 167 g/mol. The second kappa shape index (κ2) is 2.04. The van der Waals surface area contributed by atoms with E-state index in [4.69, 9.17) is 0 Å². The lowest BCUT2D eigenvalue weighted by Gasteiger charge is -1.88. The molecule has 58 valence electrons. The van der Waals surface area contributed by atoms with Gasteiger partial charge in [-0.15, -0.1) is 0 Å². The first-order chi connectivity index (χ1) is 5.20. The second-order valence-corrected chi connectivity index (χ2v) is 3.62. The minimum absolute atomic E-state index is 1.02. The first-order valence-electron chi connectivity index (χ1n) is 3.45. The van der Waals surface area contributed by atoms with Crippen LogP contribution in [0.2, 0.25) is 0 Å². The van der Waals surface area contributed by atoms with Crippen molar-refractivity contribution in [2.45, 2.75) is 13.8 Å². The largest absolute Gasteiger partial charge is 0.265 e. The molecule has 0 fully saturated rings. The maximum atomic E-state index is 4.30. The molecule has 11 heavy (non-hydrogen) atoms. The van der Waals surface area contributed by atoms with Gasteiger partial charge in [0, 0.05) is 11.9 Å². The van der Waals surface area contributed by atoms with E-state index in [9.17, 15) is 0 Å². The highest BCUT2D eigenvalue weighted by atomic mass is 32.1. The highest BCUT2D eigenvalue weighted by molar-refractivity contribution is 7.07. The van der Waals surface area contributed by atoms with Crippen LogP contribution in [0.5, 0.6) is 0 Å². The molecule has 2 heterocycles. The molecule has 0 N–H and O–H groups in total. The van der Waals surface area contributed by atoms with Crippen LogP contribution < -0.4 is 0 Å². The van der Waals surface area contributed by atoms with Crippen molar-refractivity contribution in [2.24, 2.45) is 7.05 Å². The van der Waals surface area contributed by atoms with Crippen molar-refractivity contribution in [2.75, 3.05) is 0 Å². The van der Waals surface area contributed by atoms with Gasteiger partial charge in [-0.25, -0.2) is 0 Å². The lowest BCUT2D eigenvalue weighted by molar-refractivity contribution is 0.782. The number of nitrogens with zero attached hydrogens (tertiary/aromatic N) is 3. The van der Waals surface area contributed by atoms with Crippen molar-refractivity contribution in [1.82, 2.24) is 14.2 Å². The smallest absolute Gasteiger partial charge is 0.125 e. The third-order valence-electron chi connectivity index (χ3n) is 1.80. The first-order valence-corrected chi connectivity index (χ1v) is 4.23. The summed E-state index contributed by atoms with van der Waals surface area (Å²) in [6.07, 6.45) is 0. The summed E-state index contributed by atoms with van der Waals surface area (Å²) in [5.74, 6) is 0. The summed E-state index contributed by atoms with van der Waals surface area (Å²) in [5.41, 5.74) is 3.24. The molecular formula is C7H9N3S. The van der Waals surface area contributed by atoms with E-state index in [0.29, 0.717) is 0 Å². The molecule has 0 spiro atoms. The van der Waals surface area contributed by atoms with Crippen molar-refractivity contribution in [3.8, 4) is 0 Å². The van der Waals surface area contributed by atoms with Gasteiger partial charge in [-0.1, -0.05) is 0 Å². The Balaban J connectivity index is 2.98. The normalized spacial score (nSPS) is 11.2. The quantitative estimate of drug-likeness (QED) is 0.597. The van der Waals surface area contributed by atoms with Gasteiger partial charge in [0.05, 0.1) is 5.69 Å². The van der Waals surface area contributed by atoms with Crippen molar-refractivity contribution in [3.63, 3.8) is 0 Å². The van der Waals surface area contributed by atoms with Crippen LogP contribution in [0.25, 0.3) is 11.0 Å². The Bertz CT molecular complexity index is 399. The standard InChI is InChI=1S/C7H9N3S/c1-4-6-7(10(3)8-4)5(2)11-9-6/h1-3H3. The second-order valence-electron chi connectivity index (χ2n) is 2.64. The fraction of sp³-hybridized carbons (Fsp3) is 0.429. The summed E-state index contributed by atoms with van der Waals surface area (Å²) in [6, 6.07) is 0. The number of rotatable bonds is 0. The Labute approximate surface area is 68.8 Å². The third-order valence-corrected chi connectivity index (χ3v) is 2.54. The van der Waals surface area contributed by atoms with E-state index >= 15 is 0 Å². The van der Waals surface area contributed by atoms with Crippen LogP contribution in [0.3, 0.4) is 0 Å². The van der Waals surface area contributed by atoms with Crippen LogP contribution in [0.4, 0.5) is 0 Å².